The Kier molecular flexibility index (Phi) is 7.04. The molecule has 1 heterocycles. The van der Waals surface area contributed by atoms with Crippen LogP contribution < -0.4 is 5.32 Å². The Balaban J connectivity index is 1.72. The van der Waals surface area contributed by atoms with Crippen LogP contribution in [0.5, 0.6) is 0 Å². The molecule has 1 aliphatic carbocycles. The minimum absolute atomic E-state index is 0.0845. The molecule has 1 fully saturated rings. The monoisotopic (exact) mass is 503 g/mol. The minimum atomic E-state index is -0.341. The number of hydrogen-bond acceptors (Lipinski definition) is 4. The Bertz CT molecular complexity index is 1130. The number of nitrogens with zero attached hydrogens (tertiary/aromatic N) is 4. The van der Waals surface area contributed by atoms with Crippen LogP contribution in [0.2, 0.25) is 15.1 Å². The standard InChI is InChI=1S/C25H28Cl3N5/c1-24(2,3)22(13-7-17-6-8-19(27)16-21(17)28)33-23(30-31-32-33)25(14-4-5-15-25)29-20-11-9-18(26)10-12-20/h6-13,16,22,29H,4-5,14-15H2,1-3H3/b13-7-. The van der Waals surface area contributed by atoms with Crippen LogP contribution in [0.1, 0.15) is 63.9 Å². The molecule has 1 aliphatic rings. The van der Waals surface area contributed by atoms with E-state index in [0.717, 1.165) is 42.8 Å². The maximum Gasteiger partial charge on any atom is 0.177 e. The van der Waals surface area contributed by atoms with E-state index in [4.69, 9.17) is 34.8 Å². The number of hydrogen-bond donors (Lipinski definition) is 1. The highest BCUT2D eigenvalue weighted by Gasteiger charge is 2.42. The summed E-state index contributed by atoms with van der Waals surface area (Å²) in [7, 11) is 0. The number of aromatic nitrogens is 4. The first kappa shape index (κ1) is 24.1. The van der Waals surface area contributed by atoms with Gasteiger partial charge in [0, 0.05) is 20.8 Å². The summed E-state index contributed by atoms with van der Waals surface area (Å²) in [4.78, 5) is 0. The fraction of sp³-hybridized carbons (Fsp3) is 0.400. The molecule has 1 saturated carbocycles. The highest BCUT2D eigenvalue weighted by atomic mass is 35.5. The van der Waals surface area contributed by atoms with Gasteiger partial charge in [0.25, 0.3) is 0 Å². The van der Waals surface area contributed by atoms with E-state index in [1.165, 1.54) is 0 Å². The number of benzene rings is 2. The maximum absolute atomic E-state index is 6.41. The molecule has 3 aromatic rings. The van der Waals surface area contributed by atoms with Crippen LogP contribution in [0, 0.1) is 5.41 Å². The lowest BCUT2D eigenvalue weighted by molar-refractivity contribution is 0.254. The molecule has 33 heavy (non-hydrogen) atoms. The summed E-state index contributed by atoms with van der Waals surface area (Å²) in [5.74, 6) is 0.849. The van der Waals surface area contributed by atoms with Crippen molar-refractivity contribution in [3.8, 4) is 0 Å². The fourth-order valence-corrected chi connectivity index (χ4v) is 5.05. The Morgan fingerprint density at radius 1 is 1.00 bits per heavy atom. The number of nitrogens with one attached hydrogen (secondary N) is 1. The van der Waals surface area contributed by atoms with Gasteiger partial charge in [0.2, 0.25) is 0 Å². The lowest BCUT2D eigenvalue weighted by Gasteiger charge is -2.34. The zero-order chi connectivity index (χ0) is 23.6. The van der Waals surface area contributed by atoms with Gasteiger partial charge in [-0.1, -0.05) is 86.6 Å². The van der Waals surface area contributed by atoms with Crippen LogP contribution >= 0.6 is 34.8 Å². The fourth-order valence-electron chi connectivity index (χ4n) is 4.46. The summed E-state index contributed by atoms with van der Waals surface area (Å²) >= 11 is 18.6. The molecule has 0 radical (unpaired) electrons. The Hall–Kier alpha value is -2.08. The zero-order valence-electron chi connectivity index (χ0n) is 19.0. The second kappa shape index (κ2) is 9.65. The van der Waals surface area contributed by atoms with Gasteiger partial charge >= 0.3 is 0 Å². The van der Waals surface area contributed by atoms with E-state index in [-0.39, 0.29) is 17.0 Å². The molecule has 174 valence electrons. The number of anilines is 1. The normalized spacial score (nSPS) is 16.9. The number of rotatable bonds is 6. The van der Waals surface area contributed by atoms with Gasteiger partial charge in [-0.25, -0.2) is 4.68 Å². The lowest BCUT2D eigenvalue weighted by atomic mass is 9.85. The predicted octanol–water partition coefficient (Wildman–Crippen LogP) is 7.82. The van der Waals surface area contributed by atoms with Gasteiger partial charge in [-0.15, -0.1) is 5.10 Å². The van der Waals surface area contributed by atoms with Gasteiger partial charge in [-0.3, -0.25) is 0 Å². The second-order valence-electron chi connectivity index (χ2n) is 9.70. The molecule has 1 N–H and O–H groups in total. The van der Waals surface area contributed by atoms with Crippen molar-refractivity contribution >= 4 is 46.6 Å². The molecule has 0 aliphatic heterocycles. The maximum atomic E-state index is 6.41. The van der Waals surface area contributed by atoms with E-state index in [0.29, 0.717) is 15.1 Å². The van der Waals surface area contributed by atoms with Gasteiger partial charge in [0.05, 0.1) is 11.6 Å². The Morgan fingerprint density at radius 2 is 1.67 bits per heavy atom. The van der Waals surface area contributed by atoms with Crippen molar-refractivity contribution in [1.82, 2.24) is 20.2 Å². The van der Waals surface area contributed by atoms with E-state index in [9.17, 15) is 0 Å². The van der Waals surface area contributed by atoms with E-state index in [1.54, 1.807) is 6.07 Å². The minimum Gasteiger partial charge on any atom is -0.373 e. The molecule has 0 amide bonds. The highest BCUT2D eigenvalue weighted by molar-refractivity contribution is 6.35. The largest absolute Gasteiger partial charge is 0.373 e. The van der Waals surface area contributed by atoms with Crippen molar-refractivity contribution in [2.75, 3.05) is 5.32 Å². The zero-order valence-corrected chi connectivity index (χ0v) is 21.3. The van der Waals surface area contributed by atoms with Crippen molar-refractivity contribution in [1.29, 1.82) is 0 Å². The third-order valence-electron chi connectivity index (χ3n) is 6.18. The number of allylic oxidation sites excluding steroid dienone is 1. The molecule has 0 bridgehead atoms. The Labute approximate surface area is 210 Å². The average molecular weight is 505 g/mol. The van der Waals surface area contributed by atoms with Crippen LogP contribution in [0.4, 0.5) is 5.69 Å². The predicted molar refractivity (Wildman–Crippen MR) is 137 cm³/mol. The molecule has 1 atom stereocenters. The molecule has 5 nitrogen and oxygen atoms in total. The van der Waals surface area contributed by atoms with Crippen molar-refractivity contribution < 1.29 is 0 Å². The third-order valence-corrected chi connectivity index (χ3v) is 6.99. The number of tetrazole rings is 1. The molecular weight excluding hydrogens is 477 g/mol. The number of halogens is 3. The van der Waals surface area contributed by atoms with Gasteiger partial charge in [0.15, 0.2) is 5.82 Å². The van der Waals surface area contributed by atoms with Crippen molar-refractivity contribution in [3.05, 3.63) is 75.0 Å². The van der Waals surface area contributed by atoms with Gasteiger partial charge in [-0.05, 0) is 70.6 Å². The molecule has 8 heteroatoms. The summed E-state index contributed by atoms with van der Waals surface area (Å²) in [6.07, 6.45) is 8.29. The molecule has 1 aromatic heterocycles. The van der Waals surface area contributed by atoms with Gasteiger partial charge in [0.1, 0.15) is 0 Å². The summed E-state index contributed by atoms with van der Waals surface area (Å²) in [5, 5.41) is 18.8. The highest BCUT2D eigenvalue weighted by Crippen LogP contribution is 2.43. The Morgan fingerprint density at radius 3 is 2.30 bits per heavy atom. The quantitative estimate of drug-likeness (QED) is 0.372. The summed E-state index contributed by atoms with van der Waals surface area (Å²) in [6, 6.07) is 13.2. The SMILES string of the molecule is CC(C)(C)C(/C=C\c1ccc(Cl)cc1Cl)n1nnnc1C1(Nc2ccc(Cl)cc2)CCCC1. The van der Waals surface area contributed by atoms with E-state index in [1.807, 2.05) is 47.2 Å². The van der Waals surface area contributed by atoms with Crippen molar-refractivity contribution in [2.24, 2.45) is 5.41 Å². The molecule has 0 saturated heterocycles. The van der Waals surface area contributed by atoms with E-state index in [2.05, 4.69) is 47.7 Å². The van der Waals surface area contributed by atoms with Crippen LogP contribution in [0.15, 0.2) is 48.5 Å². The molecule has 1 unspecified atom stereocenters. The van der Waals surface area contributed by atoms with Crippen LogP contribution in [0.25, 0.3) is 6.08 Å². The van der Waals surface area contributed by atoms with Gasteiger partial charge < -0.3 is 5.32 Å². The molecule has 2 aromatic carbocycles. The van der Waals surface area contributed by atoms with Crippen LogP contribution in [-0.2, 0) is 5.54 Å². The first-order chi connectivity index (χ1) is 15.7. The molecular formula is C25H28Cl3N5. The molecule has 4 rings (SSSR count). The van der Waals surface area contributed by atoms with Crippen molar-refractivity contribution in [2.45, 2.75) is 58.0 Å². The van der Waals surface area contributed by atoms with Crippen LogP contribution in [-0.4, -0.2) is 20.2 Å². The smallest absolute Gasteiger partial charge is 0.177 e. The van der Waals surface area contributed by atoms with E-state index >= 15 is 0 Å². The first-order valence-electron chi connectivity index (χ1n) is 11.1. The molecule has 0 spiro atoms. The second-order valence-corrected chi connectivity index (χ2v) is 11.0. The van der Waals surface area contributed by atoms with Gasteiger partial charge in [-0.2, -0.15) is 0 Å². The average Bonchev–Trinajstić information content (AvgIpc) is 3.41. The lowest BCUT2D eigenvalue weighted by Crippen LogP contribution is -2.38. The summed E-state index contributed by atoms with van der Waals surface area (Å²) in [6.45, 7) is 6.56. The van der Waals surface area contributed by atoms with Crippen LogP contribution in [0.3, 0.4) is 0 Å². The first-order valence-corrected chi connectivity index (χ1v) is 12.3. The van der Waals surface area contributed by atoms with Crippen molar-refractivity contribution in [3.63, 3.8) is 0 Å². The van der Waals surface area contributed by atoms with E-state index < -0.39 is 0 Å². The summed E-state index contributed by atoms with van der Waals surface area (Å²) in [5.41, 5.74) is 1.43. The topological polar surface area (TPSA) is 55.6 Å². The third kappa shape index (κ3) is 5.37. The summed E-state index contributed by atoms with van der Waals surface area (Å²) < 4.78 is 1.97.